The van der Waals surface area contributed by atoms with Crippen molar-refractivity contribution in [3.63, 3.8) is 0 Å². The van der Waals surface area contributed by atoms with Gasteiger partial charge in [-0.05, 0) is 93.6 Å². The highest BCUT2D eigenvalue weighted by Gasteiger charge is 2.56. The monoisotopic (exact) mass is 558 g/mol. The zero-order valence-corrected chi connectivity index (χ0v) is 24.4. The number of nitrogens with one attached hydrogen (secondary N) is 2. The first kappa shape index (κ1) is 29.8. The summed E-state index contributed by atoms with van der Waals surface area (Å²) in [6.45, 7) is 11.0. The number of phenolic OH excluding ortho intramolecular Hbond substituents is 1. The van der Waals surface area contributed by atoms with E-state index in [-0.39, 0.29) is 24.5 Å². The van der Waals surface area contributed by atoms with Crippen molar-refractivity contribution in [1.82, 2.24) is 0 Å². The van der Waals surface area contributed by atoms with Gasteiger partial charge in [0.15, 0.2) is 11.5 Å². The maximum atomic E-state index is 14.0. The molecular formula is C33H38N2O6. The van der Waals surface area contributed by atoms with Crippen LogP contribution in [0.5, 0.6) is 11.5 Å². The van der Waals surface area contributed by atoms with Crippen LogP contribution in [-0.4, -0.2) is 40.0 Å². The molecule has 216 valence electrons. The molecule has 1 aliphatic carbocycles. The number of carbonyl (C=O) groups excluding carboxylic acids is 3. The molecule has 8 nitrogen and oxygen atoms in total. The fraction of sp³-hybridized carbons (Fsp3) is 0.364. The third-order valence-electron chi connectivity index (χ3n) is 7.80. The first-order chi connectivity index (χ1) is 19.3. The SMILES string of the molecule is CCOc1cc(C2C(C(=O)Nc3cc(C)ccc3C)C(=O)CC(C)(O)C2C(=O)Nc2cc(C)ccc2C)ccc1O. The van der Waals surface area contributed by atoms with E-state index in [0.29, 0.717) is 16.9 Å². The van der Waals surface area contributed by atoms with E-state index in [1.54, 1.807) is 13.0 Å². The molecule has 0 aromatic heterocycles. The quantitative estimate of drug-likeness (QED) is 0.290. The van der Waals surface area contributed by atoms with E-state index >= 15 is 0 Å². The van der Waals surface area contributed by atoms with Crippen LogP contribution in [0.3, 0.4) is 0 Å². The number of aryl methyl sites for hydroxylation is 4. The van der Waals surface area contributed by atoms with Crippen molar-refractivity contribution >= 4 is 29.0 Å². The number of ketones is 1. The topological polar surface area (TPSA) is 125 Å². The number of amides is 2. The maximum Gasteiger partial charge on any atom is 0.235 e. The standard InChI is InChI=1S/C33H38N2O6/c1-7-41-27-16-22(12-13-25(27)36)28-29(31(38)34-23-14-18(2)8-10-20(23)4)26(37)17-33(6,40)30(28)32(39)35-24-15-19(3)9-11-21(24)5/h8-16,28-30,36,40H,7,17H2,1-6H3,(H,34,38)(H,35,39). The number of rotatable bonds is 7. The minimum Gasteiger partial charge on any atom is -0.504 e. The van der Waals surface area contributed by atoms with Crippen LogP contribution in [0.2, 0.25) is 0 Å². The summed E-state index contributed by atoms with van der Waals surface area (Å²) in [5, 5.41) is 27.8. The minimum absolute atomic E-state index is 0.114. The first-order valence-corrected chi connectivity index (χ1v) is 13.8. The molecule has 41 heavy (non-hydrogen) atoms. The number of ether oxygens (including phenoxy) is 1. The van der Waals surface area contributed by atoms with E-state index in [1.165, 1.54) is 19.1 Å². The lowest BCUT2D eigenvalue weighted by Crippen LogP contribution is -2.56. The second-order valence-corrected chi connectivity index (χ2v) is 11.3. The molecule has 4 N–H and O–H groups in total. The molecule has 2 amide bonds. The molecule has 3 aromatic rings. The average molecular weight is 559 g/mol. The zero-order valence-electron chi connectivity index (χ0n) is 24.4. The summed E-state index contributed by atoms with van der Waals surface area (Å²) in [7, 11) is 0. The van der Waals surface area contributed by atoms with Crippen LogP contribution in [0.4, 0.5) is 11.4 Å². The van der Waals surface area contributed by atoms with Gasteiger partial charge in [-0.15, -0.1) is 0 Å². The second kappa shape index (κ2) is 11.7. The number of Topliss-reactive ketones (excluding diaryl/α,β-unsaturated/α-hetero) is 1. The predicted molar refractivity (Wildman–Crippen MR) is 158 cm³/mol. The highest BCUT2D eigenvalue weighted by molar-refractivity contribution is 6.10. The fourth-order valence-electron chi connectivity index (χ4n) is 5.66. The highest BCUT2D eigenvalue weighted by Crippen LogP contribution is 2.48. The van der Waals surface area contributed by atoms with Crippen molar-refractivity contribution in [2.45, 2.75) is 59.5 Å². The molecule has 1 saturated carbocycles. The Morgan fingerprint density at radius 1 is 0.902 bits per heavy atom. The van der Waals surface area contributed by atoms with Crippen LogP contribution >= 0.6 is 0 Å². The predicted octanol–water partition coefficient (Wildman–Crippen LogP) is 5.34. The third-order valence-corrected chi connectivity index (χ3v) is 7.80. The molecule has 0 saturated heterocycles. The Hall–Kier alpha value is -4.17. The summed E-state index contributed by atoms with van der Waals surface area (Å²) in [5.41, 5.74) is 3.34. The molecule has 4 unspecified atom stereocenters. The van der Waals surface area contributed by atoms with Gasteiger partial charge < -0.3 is 25.6 Å². The van der Waals surface area contributed by atoms with Gasteiger partial charge in [0.25, 0.3) is 0 Å². The smallest absolute Gasteiger partial charge is 0.235 e. The zero-order chi connectivity index (χ0) is 30.1. The molecule has 4 rings (SSSR count). The van der Waals surface area contributed by atoms with Gasteiger partial charge in [-0.3, -0.25) is 14.4 Å². The van der Waals surface area contributed by atoms with Crippen molar-refractivity contribution < 1.29 is 29.3 Å². The third kappa shape index (κ3) is 6.28. The average Bonchev–Trinajstić information content (AvgIpc) is 2.88. The van der Waals surface area contributed by atoms with Gasteiger partial charge in [0.1, 0.15) is 11.7 Å². The van der Waals surface area contributed by atoms with Crippen LogP contribution in [0.1, 0.15) is 54.0 Å². The Balaban J connectivity index is 1.84. The summed E-state index contributed by atoms with van der Waals surface area (Å²) >= 11 is 0. The van der Waals surface area contributed by atoms with Crippen LogP contribution in [0.25, 0.3) is 0 Å². The van der Waals surface area contributed by atoms with Gasteiger partial charge in [0.05, 0.1) is 18.1 Å². The number of aromatic hydroxyl groups is 1. The van der Waals surface area contributed by atoms with Crippen molar-refractivity contribution in [3.8, 4) is 11.5 Å². The van der Waals surface area contributed by atoms with E-state index in [1.807, 2.05) is 64.1 Å². The van der Waals surface area contributed by atoms with Gasteiger partial charge in [0.2, 0.25) is 11.8 Å². The van der Waals surface area contributed by atoms with Gasteiger partial charge in [-0.25, -0.2) is 0 Å². The molecule has 0 heterocycles. The van der Waals surface area contributed by atoms with Crippen LogP contribution in [-0.2, 0) is 14.4 Å². The summed E-state index contributed by atoms with van der Waals surface area (Å²) in [5.74, 6) is -5.05. The van der Waals surface area contributed by atoms with Crippen molar-refractivity contribution in [2.24, 2.45) is 11.8 Å². The van der Waals surface area contributed by atoms with Gasteiger partial charge in [0, 0.05) is 23.7 Å². The van der Waals surface area contributed by atoms with Crippen molar-refractivity contribution in [1.29, 1.82) is 0 Å². The Morgan fingerprint density at radius 3 is 2.02 bits per heavy atom. The summed E-state index contributed by atoms with van der Waals surface area (Å²) in [6, 6.07) is 15.8. The fourth-order valence-corrected chi connectivity index (χ4v) is 5.66. The molecular weight excluding hydrogens is 520 g/mol. The Morgan fingerprint density at radius 2 is 1.46 bits per heavy atom. The lowest BCUT2D eigenvalue weighted by Gasteiger charge is -2.44. The summed E-state index contributed by atoms with van der Waals surface area (Å²) < 4.78 is 5.59. The Kier molecular flexibility index (Phi) is 8.54. The molecule has 0 spiro atoms. The molecule has 0 bridgehead atoms. The summed E-state index contributed by atoms with van der Waals surface area (Å²) in [6.07, 6.45) is -0.379. The number of phenols is 1. The molecule has 1 fully saturated rings. The lowest BCUT2D eigenvalue weighted by atomic mass is 9.61. The molecule has 8 heteroatoms. The van der Waals surface area contributed by atoms with Gasteiger partial charge in [-0.1, -0.05) is 30.3 Å². The normalized spacial score (nSPS) is 22.2. The van der Waals surface area contributed by atoms with Gasteiger partial charge >= 0.3 is 0 Å². The number of hydrogen-bond donors (Lipinski definition) is 4. The Labute approximate surface area is 240 Å². The molecule has 0 aliphatic heterocycles. The van der Waals surface area contributed by atoms with E-state index in [4.69, 9.17) is 4.74 Å². The van der Waals surface area contributed by atoms with E-state index in [9.17, 15) is 24.6 Å². The largest absolute Gasteiger partial charge is 0.504 e. The molecule has 0 radical (unpaired) electrons. The summed E-state index contributed by atoms with van der Waals surface area (Å²) in [4.78, 5) is 41.6. The van der Waals surface area contributed by atoms with Gasteiger partial charge in [-0.2, -0.15) is 0 Å². The number of anilines is 2. The van der Waals surface area contributed by atoms with Crippen molar-refractivity contribution in [3.05, 3.63) is 82.4 Å². The number of hydrogen-bond acceptors (Lipinski definition) is 6. The van der Waals surface area contributed by atoms with Crippen LogP contribution in [0, 0.1) is 39.5 Å². The van der Waals surface area contributed by atoms with Crippen LogP contribution in [0.15, 0.2) is 54.6 Å². The number of benzene rings is 3. The number of carbonyl (C=O) groups is 3. The second-order valence-electron chi connectivity index (χ2n) is 11.3. The van der Waals surface area contributed by atoms with E-state index in [0.717, 1.165) is 22.3 Å². The molecule has 4 atom stereocenters. The highest BCUT2D eigenvalue weighted by atomic mass is 16.5. The number of aliphatic hydroxyl groups is 1. The van der Waals surface area contributed by atoms with Crippen molar-refractivity contribution in [2.75, 3.05) is 17.2 Å². The van der Waals surface area contributed by atoms with E-state index < -0.39 is 41.0 Å². The Bertz CT molecular complexity index is 1500. The lowest BCUT2D eigenvalue weighted by molar-refractivity contribution is -0.150. The van der Waals surface area contributed by atoms with Crippen LogP contribution < -0.4 is 15.4 Å². The molecule has 1 aliphatic rings. The minimum atomic E-state index is -1.76. The first-order valence-electron chi connectivity index (χ1n) is 13.8. The maximum absolute atomic E-state index is 14.0. The van der Waals surface area contributed by atoms with E-state index in [2.05, 4.69) is 10.6 Å². The molecule has 3 aromatic carbocycles.